The first-order valence-electron chi connectivity index (χ1n) is 8.52. The van der Waals surface area contributed by atoms with Gasteiger partial charge in [-0.15, -0.1) is 16.4 Å². The molecule has 0 aliphatic heterocycles. The number of thiophene rings is 1. The normalized spacial score (nSPS) is 10.5. The minimum atomic E-state index is -0.658. The molecule has 3 rings (SSSR count). The minimum Gasteiger partial charge on any atom is -0.465 e. The predicted octanol–water partition coefficient (Wildman–Crippen LogP) is 2.34. The number of thioether (sulfide) groups is 1. The largest absolute Gasteiger partial charge is 0.465 e. The van der Waals surface area contributed by atoms with Crippen LogP contribution in [0.3, 0.4) is 0 Å². The highest BCUT2D eigenvalue weighted by atomic mass is 32.2. The van der Waals surface area contributed by atoms with Gasteiger partial charge in [0.1, 0.15) is 9.88 Å². The number of nitrogens with one attached hydrogen (secondary N) is 1. The summed E-state index contributed by atoms with van der Waals surface area (Å²) in [6.45, 7) is 1.59. The Morgan fingerprint density at radius 3 is 2.50 bits per heavy atom. The SMILES string of the molecule is COC(=O)c1sc(NC(=O)CSc2nnnn2-c2ccccc2)c(C(=O)OC)c1C. The fourth-order valence-corrected chi connectivity index (χ4v) is 4.35. The highest BCUT2D eigenvalue weighted by molar-refractivity contribution is 7.99. The van der Waals surface area contributed by atoms with Crippen molar-refractivity contribution in [3.05, 3.63) is 46.3 Å². The summed E-state index contributed by atoms with van der Waals surface area (Å²) in [5.41, 5.74) is 1.26. The van der Waals surface area contributed by atoms with Crippen molar-refractivity contribution in [2.75, 3.05) is 25.3 Å². The van der Waals surface area contributed by atoms with E-state index in [2.05, 4.69) is 20.8 Å². The van der Waals surface area contributed by atoms with Crippen LogP contribution < -0.4 is 5.32 Å². The minimum absolute atomic E-state index is 0.0156. The van der Waals surface area contributed by atoms with E-state index in [0.717, 1.165) is 28.8 Å². The van der Waals surface area contributed by atoms with Crippen LogP contribution in [0.1, 0.15) is 25.6 Å². The number of esters is 2. The lowest BCUT2D eigenvalue weighted by atomic mass is 10.1. The number of carbonyl (C=O) groups is 3. The number of nitrogens with zero attached hydrogens (tertiary/aromatic N) is 4. The number of methoxy groups -OCH3 is 2. The summed E-state index contributed by atoms with van der Waals surface area (Å²) in [5, 5.41) is 14.8. The van der Waals surface area contributed by atoms with Gasteiger partial charge in [-0.3, -0.25) is 4.79 Å². The molecule has 156 valence electrons. The Bertz CT molecular complexity index is 1080. The van der Waals surface area contributed by atoms with E-state index in [1.165, 1.54) is 18.9 Å². The first-order valence-corrected chi connectivity index (χ1v) is 10.3. The highest BCUT2D eigenvalue weighted by Gasteiger charge is 2.26. The van der Waals surface area contributed by atoms with E-state index in [-0.39, 0.29) is 21.2 Å². The molecule has 0 radical (unpaired) electrons. The molecule has 10 nitrogen and oxygen atoms in total. The van der Waals surface area contributed by atoms with Crippen molar-refractivity contribution >= 4 is 45.9 Å². The number of para-hydroxylation sites is 1. The zero-order valence-corrected chi connectivity index (χ0v) is 17.9. The van der Waals surface area contributed by atoms with Crippen molar-refractivity contribution in [2.45, 2.75) is 12.1 Å². The van der Waals surface area contributed by atoms with Crippen LogP contribution in [0.2, 0.25) is 0 Å². The molecule has 3 aromatic rings. The van der Waals surface area contributed by atoms with E-state index in [0.29, 0.717) is 10.7 Å². The van der Waals surface area contributed by atoms with Gasteiger partial charge in [0.05, 0.1) is 31.2 Å². The van der Waals surface area contributed by atoms with Crippen molar-refractivity contribution in [1.29, 1.82) is 0 Å². The first kappa shape index (κ1) is 21.5. The van der Waals surface area contributed by atoms with Crippen LogP contribution in [0, 0.1) is 6.92 Å². The van der Waals surface area contributed by atoms with Gasteiger partial charge in [0.15, 0.2) is 0 Å². The van der Waals surface area contributed by atoms with Crippen molar-refractivity contribution in [3.8, 4) is 5.69 Å². The molecule has 30 heavy (non-hydrogen) atoms. The van der Waals surface area contributed by atoms with Gasteiger partial charge >= 0.3 is 11.9 Å². The van der Waals surface area contributed by atoms with Crippen LogP contribution in [-0.2, 0) is 14.3 Å². The van der Waals surface area contributed by atoms with Gasteiger partial charge < -0.3 is 14.8 Å². The maximum atomic E-state index is 12.5. The van der Waals surface area contributed by atoms with Gasteiger partial charge in [-0.1, -0.05) is 30.0 Å². The number of hydrogen-bond acceptors (Lipinski definition) is 10. The summed E-state index contributed by atoms with van der Waals surface area (Å²) in [4.78, 5) is 36.8. The lowest BCUT2D eigenvalue weighted by molar-refractivity contribution is -0.113. The second-order valence-corrected chi connectivity index (χ2v) is 7.75. The Morgan fingerprint density at radius 1 is 1.13 bits per heavy atom. The maximum absolute atomic E-state index is 12.5. The number of tetrazole rings is 1. The average molecular weight is 447 g/mol. The topological polar surface area (TPSA) is 125 Å². The average Bonchev–Trinajstić information content (AvgIpc) is 3.36. The summed E-state index contributed by atoms with van der Waals surface area (Å²) in [6.07, 6.45) is 0. The Balaban J connectivity index is 1.75. The molecule has 0 unspecified atom stereocenters. The molecule has 0 saturated heterocycles. The third-order valence-electron chi connectivity index (χ3n) is 3.93. The van der Waals surface area contributed by atoms with Gasteiger partial charge in [0.2, 0.25) is 11.1 Å². The number of hydrogen-bond donors (Lipinski definition) is 1. The number of ether oxygens (including phenoxy) is 2. The van der Waals surface area contributed by atoms with E-state index in [1.54, 1.807) is 6.92 Å². The van der Waals surface area contributed by atoms with Gasteiger partial charge in [0.25, 0.3) is 0 Å². The molecule has 1 aromatic carbocycles. The lowest BCUT2D eigenvalue weighted by Gasteiger charge is -2.06. The van der Waals surface area contributed by atoms with Gasteiger partial charge in [-0.25, -0.2) is 9.59 Å². The van der Waals surface area contributed by atoms with Crippen molar-refractivity contribution in [3.63, 3.8) is 0 Å². The zero-order valence-electron chi connectivity index (χ0n) is 16.2. The molecular formula is C18H17N5O5S2. The molecule has 0 saturated carbocycles. The molecule has 1 amide bonds. The molecule has 1 N–H and O–H groups in total. The van der Waals surface area contributed by atoms with Gasteiger partial charge in [-0.2, -0.15) is 4.68 Å². The number of benzene rings is 1. The van der Waals surface area contributed by atoms with E-state index in [9.17, 15) is 14.4 Å². The number of rotatable bonds is 7. The number of anilines is 1. The van der Waals surface area contributed by atoms with Crippen LogP contribution in [0.5, 0.6) is 0 Å². The third-order valence-corrected chi connectivity index (χ3v) is 6.04. The molecule has 12 heteroatoms. The van der Waals surface area contributed by atoms with Crippen LogP contribution in [0.25, 0.3) is 5.69 Å². The van der Waals surface area contributed by atoms with Crippen molar-refractivity contribution in [1.82, 2.24) is 20.2 Å². The van der Waals surface area contributed by atoms with Gasteiger partial charge in [-0.05, 0) is 35.0 Å². The molecule has 0 spiro atoms. The van der Waals surface area contributed by atoms with Crippen LogP contribution >= 0.6 is 23.1 Å². The van der Waals surface area contributed by atoms with E-state index in [1.807, 2.05) is 30.3 Å². The molecule has 0 bridgehead atoms. The second kappa shape index (κ2) is 9.50. The van der Waals surface area contributed by atoms with Crippen molar-refractivity contribution < 1.29 is 23.9 Å². The maximum Gasteiger partial charge on any atom is 0.348 e. The molecule has 2 heterocycles. The quantitative estimate of drug-likeness (QED) is 0.429. The predicted molar refractivity (Wildman–Crippen MR) is 110 cm³/mol. The Labute approximate surface area is 179 Å². The van der Waals surface area contributed by atoms with E-state index < -0.39 is 17.8 Å². The van der Waals surface area contributed by atoms with Crippen LogP contribution in [0.4, 0.5) is 5.00 Å². The molecule has 0 fully saturated rings. The molecule has 2 aromatic heterocycles. The molecule has 0 atom stereocenters. The highest BCUT2D eigenvalue weighted by Crippen LogP contribution is 2.34. The molecule has 0 aliphatic rings. The first-order chi connectivity index (χ1) is 14.5. The van der Waals surface area contributed by atoms with Crippen LogP contribution in [-0.4, -0.2) is 58.0 Å². The fraction of sp³-hybridized carbons (Fsp3) is 0.222. The zero-order chi connectivity index (χ0) is 21.7. The summed E-state index contributed by atoms with van der Waals surface area (Å²) >= 11 is 2.08. The number of carbonyl (C=O) groups excluding carboxylic acids is 3. The summed E-state index contributed by atoms with van der Waals surface area (Å²) in [7, 11) is 2.47. The monoisotopic (exact) mass is 447 g/mol. The lowest BCUT2D eigenvalue weighted by Crippen LogP contribution is -2.16. The summed E-state index contributed by atoms with van der Waals surface area (Å²) in [6, 6.07) is 9.26. The fourth-order valence-electron chi connectivity index (χ4n) is 2.53. The van der Waals surface area contributed by atoms with Crippen molar-refractivity contribution in [2.24, 2.45) is 0 Å². The number of amides is 1. The number of aromatic nitrogens is 4. The standard InChI is InChI=1S/C18H17N5O5S2/c1-10-13(16(25)27-2)15(30-14(10)17(26)28-3)19-12(24)9-29-18-20-21-22-23(18)11-7-5-4-6-8-11/h4-8H,9H2,1-3H3,(H,19,24). The second-order valence-electron chi connectivity index (χ2n) is 5.79. The molecular weight excluding hydrogens is 430 g/mol. The van der Waals surface area contributed by atoms with E-state index >= 15 is 0 Å². The third kappa shape index (κ3) is 4.49. The van der Waals surface area contributed by atoms with Crippen LogP contribution in [0.15, 0.2) is 35.5 Å². The Hall–Kier alpha value is -3.25. The molecule has 0 aliphatic carbocycles. The summed E-state index contributed by atoms with van der Waals surface area (Å²) < 4.78 is 11.0. The Kier molecular flexibility index (Phi) is 6.79. The van der Waals surface area contributed by atoms with E-state index in [4.69, 9.17) is 9.47 Å². The smallest absolute Gasteiger partial charge is 0.348 e. The summed E-state index contributed by atoms with van der Waals surface area (Å²) in [5.74, 6) is -1.67. The Morgan fingerprint density at radius 2 is 1.83 bits per heavy atom. The van der Waals surface area contributed by atoms with Gasteiger partial charge in [0, 0.05) is 0 Å².